The zero-order valence-electron chi connectivity index (χ0n) is 19.1. The molecule has 0 aromatic carbocycles. The average molecular weight is 427 g/mol. The van der Waals surface area contributed by atoms with Gasteiger partial charge in [0.15, 0.2) is 5.78 Å². The van der Waals surface area contributed by atoms with Gasteiger partial charge in [-0.1, -0.05) is 20.8 Å². The second-order valence-corrected chi connectivity index (χ2v) is 11.0. The number of fused-ring (bicyclic) bond motifs is 3. The first kappa shape index (κ1) is 24.1. The molecule has 3 rings (SSSR count). The molecule has 3 fully saturated rings. The van der Waals surface area contributed by atoms with Gasteiger partial charge in [-0.15, -0.1) is 0 Å². The van der Waals surface area contributed by atoms with Gasteiger partial charge in [0, 0.05) is 6.42 Å². The third-order valence-electron chi connectivity index (χ3n) is 9.44. The molecule has 3 unspecified atom stereocenters. The molecule has 3 saturated carbocycles. The number of hydrogen-bond acceptors (Lipinski definition) is 4. The maximum Gasteiger partial charge on any atom is 0.163 e. The molecule has 174 valence electrons. The first-order valence-corrected chi connectivity index (χ1v) is 12.3. The van der Waals surface area contributed by atoms with Gasteiger partial charge < -0.3 is 15.3 Å². The van der Waals surface area contributed by atoms with E-state index in [1.54, 1.807) is 0 Å². The summed E-state index contributed by atoms with van der Waals surface area (Å²) >= 11 is 0. The van der Waals surface area contributed by atoms with Crippen molar-refractivity contribution in [1.82, 2.24) is 0 Å². The van der Waals surface area contributed by atoms with Crippen LogP contribution in [0.1, 0.15) is 85.0 Å². The van der Waals surface area contributed by atoms with Gasteiger partial charge in [0.05, 0.1) is 18.3 Å². The third-order valence-corrected chi connectivity index (χ3v) is 9.44. The van der Waals surface area contributed by atoms with E-state index in [1.807, 2.05) is 0 Å². The normalized spacial score (nSPS) is 46.0. The Bertz CT molecular complexity index is 583. The van der Waals surface area contributed by atoms with E-state index < -0.39 is 12.8 Å². The largest absolute Gasteiger partial charge is 0.393 e. The quantitative estimate of drug-likeness (QED) is 0.613. The lowest BCUT2D eigenvalue weighted by Gasteiger charge is -2.55. The van der Waals surface area contributed by atoms with Crippen LogP contribution < -0.4 is 0 Å². The van der Waals surface area contributed by atoms with E-state index in [0.717, 1.165) is 44.9 Å². The van der Waals surface area contributed by atoms with E-state index in [1.165, 1.54) is 0 Å². The minimum Gasteiger partial charge on any atom is -0.393 e. The summed E-state index contributed by atoms with van der Waals surface area (Å²) in [7, 11) is 0. The average Bonchev–Trinajstić information content (AvgIpc) is 3.07. The van der Waals surface area contributed by atoms with Crippen LogP contribution >= 0.6 is 0 Å². The van der Waals surface area contributed by atoms with E-state index in [0.29, 0.717) is 24.7 Å². The SMILES string of the molecule is CC1CC[C@@H](O)CCC[C@@H](O)C2[C@@H]1C[C@H](O)C1(C)[C@@H]([C@H](C)CCC(=O)CF)CC[C@@H]21. The van der Waals surface area contributed by atoms with Crippen LogP contribution in [-0.4, -0.2) is 46.1 Å². The van der Waals surface area contributed by atoms with Crippen LogP contribution in [0.4, 0.5) is 4.39 Å². The van der Waals surface area contributed by atoms with Crippen molar-refractivity contribution in [2.24, 2.45) is 40.9 Å². The molecular formula is C25H43FO4. The highest BCUT2D eigenvalue weighted by molar-refractivity contribution is 5.79. The third kappa shape index (κ3) is 4.63. The Morgan fingerprint density at radius 3 is 2.53 bits per heavy atom. The maximum atomic E-state index is 12.6. The molecule has 0 aliphatic heterocycles. The van der Waals surface area contributed by atoms with Crippen LogP contribution in [0.5, 0.6) is 0 Å². The van der Waals surface area contributed by atoms with Crippen molar-refractivity contribution in [3.8, 4) is 0 Å². The van der Waals surface area contributed by atoms with Crippen LogP contribution in [0.25, 0.3) is 0 Å². The molecule has 0 saturated heterocycles. The first-order chi connectivity index (χ1) is 14.2. The second-order valence-electron chi connectivity index (χ2n) is 11.0. The van der Waals surface area contributed by atoms with E-state index in [-0.39, 0.29) is 53.5 Å². The van der Waals surface area contributed by atoms with Crippen molar-refractivity contribution in [3.63, 3.8) is 0 Å². The minimum absolute atomic E-state index is 0.188. The summed E-state index contributed by atoms with van der Waals surface area (Å²) in [5, 5.41) is 32.9. The summed E-state index contributed by atoms with van der Waals surface area (Å²) < 4.78 is 12.6. The molecule has 30 heavy (non-hydrogen) atoms. The number of ketones is 1. The number of carbonyl (C=O) groups excluding carboxylic acids is 1. The summed E-state index contributed by atoms with van der Waals surface area (Å²) in [6.45, 7) is 5.70. The molecule has 3 aliphatic carbocycles. The lowest BCUT2D eigenvalue weighted by atomic mass is 9.51. The Hall–Kier alpha value is -0.520. The molecule has 3 aliphatic rings. The van der Waals surface area contributed by atoms with Crippen molar-refractivity contribution < 1.29 is 24.5 Å². The van der Waals surface area contributed by atoms with E-state index in [2.05, 4.69) is 20.8 Å². The van der Waals surface area contributed by atoms with Gasteiger partial charge in [-0.05, 0) is 98.7 Å². The van der Waals surface area contributed by atoms with Crippen molar-refractivity contribution in [3.05, 3.63) is 0 Å². The standard InChI is InChI=1S/C25H43FO4/c1-15-7-9-17(27)5-4-6-22(29)24-19(15)13-23(30)25(3)20(11-12-21(24)25)16(2)8-10-18(28)14-26/h15-17,19-24,27,29-30H,4-14H2,1-3H3/t15?,16-,17+,19-,20-,21+,22-,23+,24?,25?/m1/s1. The van der Waals surface area contributed by atoms with E-state index >= 15 is 0 Å². The Morgan fingerprint density at radius 1 is 1.10 bits per heavy atom. The highest BCUT2D eigenvalue weighted by Gasteiger charge is 2.60. The highest BCUT2D eigenvalue weighted by atomic mass is 19.1. The van der Waals surface area contributed by atoms with Crippen LogP contribution in [0.15, 0.2) is 0 Å². The van der Waals surface area contributed by atoms with Gasteiger partial charge >= 0.3 is 0 Å². The summed E-state index contributed by atoms with van der Waals surface area (Å²) in [6.07, 6.45) is 6.66. The number of alkyl halides is 1. The molecule has 3 N–H and O–H groups in total. The van der Waals surface area contributed by atoms with Gasteiger partial charge in [0.2, 0.25) is 0 Å². The number of hydrogen-bond donors (Lipinski definition) is 3. The van der Waals surface area contributed by atoms with Gasteiger partial charge in [-0.3, -0.25) is 4.79 Å². The Kier molecular flexibility index (Phi) is 8.01. The topological polar surface area (TPSA) is 77.8 Å². The van der Waals surface area contributed by atoms with Gasteiger partial charge in [-0.2, -0.15) is 0 Å². The molecule has 5 heteroatoms. The molecule has 0 spiro atoms. The molecule has 0 aromatic heterocycles. The smallest absolute Gasteiger partial charge is 0.163 e. The Morgan fingerprint density at radius 2 is 1.83 bits per heavy atom. The van der Waals surface area contributed by atoms with Crippen molar-refractivity contribution in [2.45, 2.75) is 103 Å². The van der Waals surface area contributed by atoms with Crippen molar-refractivity contribution in [1.29, 1.82) is 0 Å². The number of aliphatic hydroxyl groups is 3. The monoisotopic (exact) mass is 426 g/mol. The van der Waals surface area contributed by atoms with E-state index in [9.17, 15) is 24.5 Å². The van der Waals surface area contributed by atoms with Crippen LogP contribution in [0, 0.1) is 40.9 Å². The summed E-state index contributed by atoms with van der Waals surface area (Å²) in [4.78, 5) is 11.5. The molecule has 0 radical (unpaired) electrons. The van der Waals surface area contributed by atoms with Gasteiger partial charge in [0.1, 0.15) is 6.67 Å². The molecule has 0 aromatic rings. The number of halogens is 1. The van der Waals surface area contributed by atoms with Crippen molar-refractivity contribution in [2.75, 3.05) is 6.67 Å². The highest BCUT2D eigenvalue weighted by Crippen LogP contribution is 2.63. The summed E-state index contributed by atoms with van der Waals surface area (Å²) in [6, 6.07) is 0. The molecule has 10 atom stereocenters. The molecule has 0 amide bonds. The van der Waals surface area contributed by atoms with E-state index in [4.69, 9.17) is 0 Å². The van der Waals surface area contributed by atoms with Crippen molar-refractivity contribution >= 4 is 5.78 Å². The zero-order chi connectivity index (χ0) is 22.1. The zero-order valence-corrected chi connectivity index (χ0v) is 19.1. The van der Waals surface area contributed by atoms with Gasteiger partial charge in [-0.25, -0.2) is 4.39 Å². The summed E-state index contributed by atoms with van der Waals surface area (Å²) in [5.41, 5.74) is -0.260. The predicted octanol–water partition coefficient (Wildman–Crippen LogP) is 4.29. The van der Waals surface area contributed by atoms with Crippen LogP contribution in [-0.2, 0) is 4.79 Å². The lowest BCUT2D eigenvalue weighted by Crippen LogP contribution is -2.55. The second kappa shape index (κ2) is 9.95. The molecular weight excluding hydrogens is 383 g/mol. The fourth-order valence-corrected chi connectivity index (χ4v) is 7.61. The Labute approximate surface area is 181 Å². The minimum atomic E-state index is -0.886. The number of aliphatic hydroxyl groups excluding tert-OH is 3. The maximum absolute atomic E-state index is 12.6. The fraction of sp³-hybridized carbons (Fsp3) is 0.960. The lowest BCUT2D eigenvalue weighted by molar-refractivity contribution is -0.148. The molecule has 0 heterocycles. The summed E-state index contributed by atoms with van der Waals surface area (Å²) in [5.74, 6) is 1.34. The Balaban J connectivity index is 1.82. The van der Waals surface area contributed by atoms with Crippen LogP contribution in [0.3, 0.4) is 0 Å². The number of Topliss-reactive ketones (excluding diaryl/α,β-unsaturated/α-hetero) is 1. The molecule has 4 nitrogen and oxygen atoms in total. The fourth-order valence-electron chi connectivity index (χ4n) is 7.61. The van der Waals surface area contributed by atoms with Crippen LogP contribution in [0.2, 0.25) is 0 Å². The van der Waals surface area contributed by atoms with Gasteiger partial charge in [0.25, 0.3) is 0 Å². The number of carbonyl (C=O) groups is 1. The molecule has 0 bridgehead atoms. The number of rotatable bonds is 5. The first-order valence-electron chi connectivity index (χ1n) is 12.3. The predicted molar refractivity (Wildman–Crippen MR) is 116 cm³/mol.